The maximum atomic E-state index is 12.5. The first-order valence-corrected chi connectivity index (χ1v) is 10.6. The SMILES string of the molecule is CC(O)C(=O)N[C@@H](CCCCNC(=O)OCc1ccccc1)C(=O)OCc1ccccc1. The van der Waals surface area contributed by atoms with Crippen LogP contribution in [0.2, 0.25) is 0 Å². The number of hydrogen-bond donors (Lipinski definition) is 3. The van der Waals surface area contributed by atoms with Crippen molar-refractivity contribution in [3.63, 3.8) is 0 Å². The Bertz CT molecular complexity index is 842. The number of aliphatic hydroxyl groups is 1. The lowest BCUT2D eigenvalue weighted by Crippen LogP contribution is -2.45. The summed E-state index contributed by atoms with van der Waals surface area (Å²) in [5, 5.41) is 14.6. The monoisotopic (exact) mass is 442 g/mol. The zero-order valence-electron chi connectivity index (χ0n) is 18.2. The van der Waals surface area contributed by atoms with Crippen LogP contribution in [-0.4, -0.2) is 41.8 Å². The molecule has 0 radical (unpaired) electrons. The molecule has 8 nitrogen and oxygen atoms in total. The van der Waals surface area contributed by atoms with Crippen molar-refractivity contribution in [1.29, 1.82) is 0 Å². The van der Waals surface area contributed by atoms with Gasteiger partial charge in [-0.3, -0.25) is 4.79 Å². The fourth-order valence-corrected chi connectivity index (χ4v) is 2.81. The summed E-state index contributed by atoms with van der Waals surface area (Å²) < 4.78 is 10.5. The lowest BCUT2D eigenvalue weighted by molar-refractivity contribution is -0.150. The first kappa shape index (κ1) is 24.9. The van der Waals surface area contributed by atoms with Crippen molar-refractivity contribution in [2.75, 3.05) is 6.54 Å². The van der Waals surface area contributed by atoms with Gasteiger partial charge in [0, 0.05) is 6.54 Å². The van der Waals surface area contributed by atoms with E-state index < -0.39 is 30.1 Å². The molecule has 1 unspecified atom stereocenters. The van der Waals surface area contributed by atoms with Crippen LogP contribution in [0.3, 0.4) is 0 Å². The Morgan fingerprint density at radius 3 is 2.00 bits per heavy atom. The van der Waals surface area contributed by atoms with Gasteiger partial charge in [0.25, 0.3) is 0 Å². The van der Waals surface area contributed by atoms with E-state index >= 15 is 0 Å². The van der Waals surface area contributed by atoms with E-state index in [1.807, 2.05) is 60.7 Å². The first-order valence-electron chi connectivity index (χ1n) is 10.6. The van der Waals surface area contributed by atoms with Gasteiger partial charge in [-0.2, -0.15) is 0 Å². The van der Waals surface area contributed by atoms with Crippen molar-refractivity contribution in [1.82, 2.24) is 10.6 Å². The topological polar surface area (TPSA) is 114 Å². The number of hydrogen-bond acceptors (Lipinski definition) is 6. The Hall–Kier alpha value is -3.39. The number of unbranched alkanes of at least 4 members (excludes halogenated alkanes) is 1. The van der Waals surface area contributed by atoms with Gasteiger partial charge in [-0.1, -0.05) is 60.7 Å². The van der Waals surface area contributed by atoms with Crippen molar-refractivity contribution >= 4 is 18.0 Å². The van der Waals surface area contributed by atoms with Crippen molar-refractivity contribution in [2.24, 2.45) is 0 Å². The lowest BCUT2D eigenvalue weighted by atomic mass is 10.1. The van der Waals surface area contributed by atoms with E-state index in [0.29, 0.717) is 25.8 Å². The molecule has 8 heteroatoms. The van der Waals surface area contributed by atoms with Crippen LogP contribution in [0.15, 0.2) is 60.7 Å². The highest BCUT2D eigenvalue weighted by Crippen LogP contribution is 2.07. The molecule has 2 amide bonds. The van der Waals surface area contributed by atoms with Crippen molar-refractivity contribution in [3.8, 4) is 0 Å². The Kier molecular flexibility index (Phi) is 10.7. The summed E-state index contributed by atoms with van der Waals surface area (Å²) in [6, 6.07) is 17.7. The molecule has 0 aliphatic heterocycles. The third kappa shape index (κ3) is 9.61. The minimum atomic E-state index is -1.24. The summed E-state index contributed by atoms with van der Waals surface area (Å²) in [5.74, 6) is -1.22. The highest BCUT2D eigenvalue weighted by Gasteiger charge is 2.23. The van der Waals surface area contributed by atoms with Gasteiger partial charge >= 0.3 is 12.1 Å². The number of amides is 2. The van der Waals surface area contributed by atoms with Gasteiger partial charge in [-0.15, -0.1) is 0 Å². The predicted molar refractivity (Wildman–Crippen MR) is 118 cm³/mol. The molecule has 2 atom stereocenters. The molecule has 2 aromatic carbocycles. The molecule has 0 heterocycles. The molecule has 0 aliphatic carbocycles. The van der Waals surface area contributed by atoms with Gasteiger partial charge < -0.3 is 25.2 Å². The predicted octanol–water partition coefficient (Wildman–Crippen LogP) is 2.69. The normalized spacial score (nSPS) is 12.3. The average molecular weight is 443 g/mol. The highest BCUT2D eigenvalue weighted by atomic mass is 16.5. The molecular weight excluding hydrogens is 412 g/mol. The Labute approximate surface area is 187 Å². The van der Waals surface area contributed by atoms with E-state index in [0.717, 1.165) is 11.1 Å². The number of alkyl carbamates (subject to hydrolysis) is 1. The van der Waals surface area contributed by atoms with E-state index in [1.54, 1.807) is 0 Å². The summed E-state index contributed by atoms with van der Waals surface area (Å²) in [5.41, 5.74) is 1.73. The fraction of sp³-hybridized carbons (Fsp3) is 0.375. The summed E-state index contributed by atoms with van der Waals surface area (Å²) in [4.78, 5) is 36.1. The molecular formula is C24H30N2O6. The molecule has 2 rings (SSSR count). The maximum Gasteiger partial charge on any atom is 0.407 e. The Morgan fingerprint density at radius 2 is 1.44 bits per heavy atom. The Balaban J connectivity index is 1.72. The van der Waals surface area contributed by atoms with Gasteiger partial charge in [-0.05, 0) is 37.3 Å². The second-order valence-electron chi connectivity index (χ2n) is 7.31. The van der Waals surface area contributed by atoms with E-state index in [4.69, 9.17) is 9.47 Å². The molecule has 0 aliphatic rings. The van der Waals surface area contributed by atoms with Gasteiger partial charge in [-0.25, -0.2) is 9.59 Å². The maximum absolute atomic E-state index is 12.5. The molecule has 0 spiro atoms. The molecule has 3 N–H and O–H groups in total. The molecule has 0 saturated carbocycles. The number of esters is 1. The van der Waals surface area contributed by atoms with Crippen LogP contribution >= 0.6 is 0 Å². The molecule has 0 aromatic heterocycles. The van der Waals surface area contributed by atoms with Crippen LogP contribution < -0.4 is 10.6 Å². The second-order valence-corrected chi connectivity index (χ2v) is 7.31. The molecule has 0 bridgehead atoms. The zero-order valence-corrected chi connectivity index (χ0v) is 18.2. The van der Waals surface area contributed by atoms with Crippen LogP contribution in [-0.2, 0) is 32.3 Å². The third-order valence-corrected chi connectivity index (χ3v) is 4.61. The molecule has 0 fully saturated rings. The summed E-state index contributed by atoms with van der Waals surface area (Å²) in [6.45, 7) is 1.97. The fourth-order valence-electron chi connectivity index (χ4n) is 2.81. The smallest absolute Gasteiger partial charge is 0.407 e. The molecule has 0 saturated heterocycles. The number of nitrogens with one attached hydrogen (secondary N) is 2. The van der Waals surface area contributed by atoms with E-state index in [1.165, 1.54) is 6.92 Å². The Morgan fingerprint density at radius 1 is 0.875 bits per heavy atom. The molecule has 2 aromatic rings. The number of benzene rings is 2. The number of rotatable bonds is 12. The standard InChI is InChI=1S/C24H30N2O6/c1-18(27)22(28)26-21(23(29)31-16-19-10-4-2-5-11-19)14-8-9-15-25-24(30)32-17-20-12-6-3-7-13-20/h2-7,10-13,18,21,27H,8-9,14-17H2,1H3,(H,25,30)(H,26,28)/t18?,21-/m0/s1. The van der Waals surface area contributed by atoms with Crippen molar-refractivity contribution in [3.05, 3.63) is 71.8 Å². The first-order chi connectivity index (χ1) is 15.5. The van der Waals surface area contributed by atoms with Crippen LogP contribution in [0, 0.1) is 0 Å². The average Bonchev–Trinajstić information content (AvgIpc) is 2.81. The number of ether oxygens (including phenoxy) is 2. The van der Waals surface area contributed by atoms with E-state index in [9.17, 15) is 19.5 Å². The van der Waals surface area contributed by atoms with Gasteiger partial charge in [0.05, 0.1) is 0 Å². The van der Waals surface area contributed by atoms with Gasteiger partial charge in [0.2, 0.25) is 5.91 Å². The minimum absolute atomic E-state index is 0.0928. The highest BCUT2D eigenvalue weighted by molar-refractivity contribution is 5.86. The van der Waals surface area contributed by atoms with Crippen molar-refractivity contribution in [2.45, 2.75) is 51.5 Å². The van der Waals surface area contributed by atoms with Crippen LogP contribution in [0.1, 0.15) is 37.3 Å². The second kappa shape index (κ2) is 13.8. The number of carbonyl (C=O) groups is 3. The van der Waals surface area contributed by atoms with Crippen molar-refractivity contribution < 1.29 is 29.0 Å². The van der Waals surface area contributed by atoms with Crippen LogP contribution in [0.5, 0.6) is 0 Å². The minimum Gasteiger partial charge on any atom is -0.459 e. The van der Waals surface area contributed by atoms with E-state index in [-0.39, 0.29) is 13.2 Å². The van der Waals surface area contributed by atoms with Gasteiger partial charge in [0.15, 0.2) is 0 Å². The quantitative estimate of drug-likeness (QED) is 0.344. The summed E-state index contributed by atoms with van der Waals surface area (Å²) in [6.07, 6.45) is -0.319. The summed E-state index contributed by atoms with van der Waals surface area (Å²) in [7, 11) is 0. The zero-order chi connectivity index (χ0) is 23.2. The van der Waals surface area contributed by atoms with Crippen LogP contribution in [0.25, 0.3) is 0 Å². The van der Waals surface area contributed by atoms with Gasteiger partial charge in [0.1, 0.15) is 25.4 Å². The number of aliphatic hydroxyl groups excluding tert-OH is 1. The van der Waals surface area contributed by atoms with Crippen LogP contribution in [0.4, 0.5) is 4.79 Å². The largest absolute Gasteiger partial charge is 0.459 e. The molecule has 172 valence electrons. The third-order valence-electron chi connectivity index (χ3n) is 4.61. The molecule has 32 heavy (non-hydrogen) atoms. The summed E-state index contributed by atoms with van der Waals surface area (Å²) >= 11 is 0. The van der Waals surface area contributed by atoms with E-state index in [2.05, 4.69) is 10.6 Å². The number of carbonyl (C=O) groups excluding carboxylic acids is 3. The lowest BCUT2D eigenvalue weighted by Gasteiger charge is -2.18.